The Balaban J connectivity index is 1.96. The zero-order valence-corrected chi connectivity index (χ0v) is 17.1. The maximum Gasteiger partial charge on any atom is 0.276 e. The molecule has 0 saturated heterocycles. The van der Waals surface area contributed by atoms with Crippen LogP contribution in [-0.2, 0) is 0 Å². The van der Waals surface area contributed by atoms with Crippen LogP contribution < -0.4 is 10.7 Å². The molecular formula is C20H17BrClN3O2. The summed E-state index contributed by atoms with van der Waals surface area (Å²) in [5.74, 6) is -0.538. The van der Waals surface area contributed by atoms with Crippen molar-refractivity contribution in [1.82, 2.24) is 15.1 Å². The average Bonchev–Trinajstić information content (AvgIpc) is 2.63. The molecule has 0 radical (unpaired) electrons. The van der Waals surface area contributed by atoms with Crippen molar-refractivity contribution in [3.63, 3.8) is 0 Å². The number of hydrogen-bond acceptors (Lipinski definition) is 3. The van der Waals surface area contributed by atoms with E-state index in [-0.39, 0.29) is 11.7 Å². The predicted octanol–water partition coefficient (Wildman–Crippen LogP) is 4.45. The van der Waals surface area contributed by atoms with Crippen LogP contribution in [0.4, 0.5) is 0 Å². The number of nitrogens with zero attached hydrogens (tertiary/aromatic N) is 2. The van der Waals surface area contributed by atoms with Gasteiger partial charge in [-0.05, 0) is 37.6 Å². The maximum absolute atomic E-state index is 12.7. The molecule has 0 spiro atoms. The Labute approximate surface area is 170 Å². The minimum atomic E-state index is -0.538. The highest BCUT2D eigenvalue weighted by molar-refractivity contribution is 9.10. The lowest BCUT2D eigenvalue weighted by Crippen LogP contribution is -2.33. The van der Waals surface area contributed by atoms with Crippen molar-refractivity contribution in [1.29, 1.82) is 0 Å². The van der Waals surface area contributed by atoms with E-state index in [0.717, 1.165) is 10.0 Å². The third-order valence-electron chi connectivity index (χ3n) is 4.12. The molecule has 0 bridgehead atoms. The van der Waals surface area contributed by atoms with Crippen molar-refractivity contribution < 1.29 is 4.79 Å². The zero-order chi connectivity index (χ0) is 19.6. The van der Waals surface area contributed by atoms with Crippen molar-refractivity contribution in [2.75, 3.05) is 0 Å². The minimum Gasteiger partial charge on any atom is -0.344 e. The number of benzene rings is 2. The number of nitrogens with one attached hydrogen (secondary N) is 1. The highest BCUT2D eigenvalue weighted by atomic mass is 79.9. The number of carbonyl (C=O) groups excluding carboxylic acids is 1. The topological polar surface area (TPSA) is 64.0 Å². The lowest BCUT2D eigenvalue weighted by Gasteiger charge is -2.16. The predicted molar refractivity (Wildman–Crippen MR) is 110 cm³/mol. The summed E-state index contributed by atoms with van der Waals surface area (Å²) in [6.45, 7) is 3.59. The van der Waals surface area contributed by atoms with E-state index in [2.05, 4.69) is 26.3 Å². The Kier molecular flexibility index (Phi) is 5.77. The molecule has 27 heavy (non-hydrogen) atoms. The fourth-order valence-corrected chi connectivity index (χ4v) is 3.59. The first-order valence-electron chi connectivity index (χ1n) is 8.29. The Morgan fingerprint density at radius 3 is 2.56 bits per heavy atom. The van der Waals surface area contributed by atoms with Crippen LogP contribution in [-0.4, -0.2) is 15.7 Å². The van der Waals surface area contributed by atoms with Gasteiger partial charge < -0.3 is 5.32 Å². The Morgan fingerprint density at radius 1 is 1.19 bits per heavy atom. The number of hydrogen-bond donors (Lipinski definition) is 1. The highest BCUT2D eigenvalue weighted by Crippen LogP contribution is 2.23. The first-order chi connectivity index (χ1) is 12.9. The summed E-state index contributed by atoms with van der Waals surface area (Å²) in [7, 11) is 0. The van der Waals surface area contributed by atoms with Crippen LogP contribution in [0, 0.1) is 6.92 Å². The Bertz CT molecular complexity index is 1070. The van der Waals surface area contributed by atoms with E-state index in [4.69, 9.17) is 11.6 Å². The Hall–Kier alpha value is -2.44. The van der Waals surface area contributed by atoms with E-state index >= 15 is 0 Å². The molecule has 0 aliphatic rings. The number of rotatable bonds is 4. The van der Waals surface area contributed by atoms with E-state index in [1.807, 2.05) is 37.3 Å². The third kappa shape index (κ3) is 4.12. The second-order valence-corrected chi connectivity index (χ2v) is 7.34. The monoisotopic (exact) mass is 445 g/mol. The van der Waals surface area contributed by atoms with Crippen LogP contribution in [0.15, 0.2) is 63.9 Å². The number of amides is 1. The van der Waals surface area contributed by atoms with E-state index < -0.39 is 11.3 Å². The summed E-state index contributed by atoms with van der Waals surface area (Å²) >= 11 is 9.71. The van der Waals surface area contributed by atoms with Gasteiger partial charge in [0.25, 0.3) is 5.91 Å². The summed E-state index contributed by atoms with van der Waals surface area (Å²) in [6.07, 6.45) is 0. The fourth-order valence-electron chi connectivity index (χ4n) is 2.74. The SMILES string of the molecule is Cc1cc(=O)c(C(=O)NC(C)c2ccccc2Br)nn1-c1ccccc1Cl. The van der Waals surface area contributed by atoms with Crippen LogP contribution in [0.5, 0.6) is 0 Å². The molecule has 0 aliphatic carbocycles. The lowest BCUT2D eigenvalue weighted by molar-refractivity contribution is 0.0931. The first-order valence-corrected chi connectivity index (χ1v) is 9.46. The molecule has 1 atom stereocenters. The standard InChI is InChI=1S/C20H17BrClN3O2/c1-12-11-18(26)19(24-25(12)17-10-6-5-9-16(17)22)20(27)23-13(2)14-7-3-4-8-15(14)21/h3-11,13H,1-2H3,(H,23,27). The van der Waals surface area contributed by atoms with Crippen molar-refractivity contribution in [2.24, 2.45) is 0 Å². The molecule has 0 fully saturated rings. The van der Waals surface area contributed by atoms with Gasteiger partial charge in [0, 0.05) is 16.2 Å². The van der Waals surface area contributed by atoms with E-state index in [0.29, 0.717) is 16.4 Å². The molecule has 3 aromatic rings. The molecule has 1 aromatic heterocycles. The van der Waals surface area contributed by atoms with Crippen molar-refractivity contribution in [2.45, 2.75) is 19.9 Å². The first kappa shape index (κ1) is 19.3. The maximum atomic E-state index is 12.7. The second-order valence-electron chi connectivity index (χ2n) is 6.08. The van der Waals surface area contributed by atoms with E-state index in [1.165, 1.54) is 10.7 Å². The molecule has 2 aromatic carbocycles. The summed E-state index contributed by atoms with van der Waals surface area (Å²) < 4.78 is 2.38. The summed E-state index contributed by atoms with van der Waals surface area (Å²) in [6, 6.07) is 15.8. The third-order valence-corrected chi connectivity index (χ3v) is 5.16. The van der Waals surface area contributed by atoms with Gasteiger partial charge in [0.2, 0.25) is 5.43 Å². The molecule has 1 amide bonds. The van der Waals surface area contributed by atoms with E-state index in [9.17, 15) is 9.59 Å². The molecule has 5 nitrogen and oxygen atoms in total. The van der Waals surface area contributed by atoms with E-state index in [1.54, 1.807) is 25.1 Å². The van der Waals surface area contributed by atoms with Crippen LogP contribution in [0.3, 0.4) is 0 Å². The van der Waals surface area contributed by atoms with Crippen LogP contribution >= 0.6 is 27.5 Å². The van der Waals surface area contributed by atoms with Crippen LogP contribution in [0.25, 0.3) is 5.69 Å². The normalized spacial score (nSPS) is 11.9. The lowest BCUT2D eigenvalue weighted by atomic mass is 10.1. The van der Waals surface area contributed by atoms with Gasteiger partial charge in [-0.2, -0.15) is 5.10 Å². The number of aryl methyl sites for hydroxylation is 1. The zero-order valence-electron chi connectivity index (χ0n) is 14.7. The average molecular weight is 447 g/mol. The van der Waals surface area contributed by atoms with Gasteiger partial charge in [-0.1, -0.05) is 57.9 Å². The second kappa shape index (κ2) is 8.06. The van der Waals surface area contributed by atoms with Crippen molar-refractivity contribution in [3.8, 4) is 5.69 Å². The van der Waals surface area contributed by atoms with Crippen LogP contribution in [0.1, 0.15) is 34.7 Å². The Morgan fingerprint density at radius 2 is 1.85 bits per heavy atom. The quantitative estimate of drug-likeness (QED) is 0.644. The minimum absolute atomic E-state index is 0.181. The van der Waals surface area contributed by atoms with Crippen molar-refractivity contribution >= 4 is 33.4 Å². The molecule has 0 aliphatic heterocycles. The number of aromatic nitrogens is 2. The van der Waals surface area contributed by atoms with Gasteiger partial charge in [-0.3, -0.25) is 9.59 Å². The van der Waals surface area contributed by atoms with Gasteiger partial charge in [0.15, 0.2) is 5.69 Å². The van der Waals surface area contributed by atoms with Gasteiger partial charge >= 0.3 is 0 Å². The largest absolute Gasteiger partial charge is 0.344 e. The molecule has 0 saturated carbocycles. The highest BCUT2D eigenvalue weighted by Gasteiger charge is 2.19. The van der Waals surface area contributed by atoms with Gasteiger partial charge in [-0.15, -0.1) is 0 Å². The van der Waals surface area contributed by atoms with Gasteiger partial charge in [-0.25, -0.2) is 4.68 Å². The summed E-state index contributed by atoms with van der Waals surface area (Å²) in [4.78, 5) is 25.1. The van der Waals surface area contributed by atoms with Crippen molar-refractivity contribution in [3.05, 3.63) is 91.3 Å². The molecule has 1 unspecified atom stereocenters. The molecule has 7 heteroatoms. The number of para-hydroxylation sites is 1. The molecule has 1 N–H and O–H groups in total. The molecule has 138 valence electrons. The number of halogens is 2. The van der Waals surface area contributed by atoms with Gasteiger partial charge in [0.1, 0.15) is 0 Å². The number of carbonyl (C=O) groups is 1. The fraction of sp³-hybridized carbons (Fsp3) is 0.150. The smallest absolute Gasteiger partial charge is 0.276 e. The molecule has 1 heterocycles. The summed E-state index contributed by atoms with van der Waals surface area (Å²) in [5.41, 5.74) is 1.48. The van der Waals surface area contributed by atoms with Crippen LogP contribution in [0.2, 0.25) is 5.02 Å². The molecular weight excluding hydrogens is 430 g/mol. The van der Waals surface area contributed by atoms with Gasteiger partial charge in [0.05, 0.1) is 16.8 Å². The summed E-state index contributed by atoms with van der Waals surface area (Å²) in [5, 5.41) is 7.57. The molecule has 3 rings (SSSR count).